The second-order valence-electron chi connectivity index (χ2n) is 4.22. The van der Waals surface area contributed by atoms with E-state index in [2.05, 4.69) is 5.16 Å². The molecule has 0 saturated heterocycles. The molecule has 1 heterocycles. The second kappa shape index (κ2) is 5.40. The number of nitrogen functional groups attached to an aromatic ring is 1. The van der Waals surface area contributed by atoms with Gasteiger partial charge >= 0.3 is 0 Å². The third-order valence-corrected chi connectivity index (χ3v) is 2.83. The van der Waals surface area contributed by atoms with E-state index in [0.29, 0.717) is 27.6 Å². The molecule has 0 fully saturated rings. The van der Waals surface area contributed by atoms with Gasteiger partial charge in [-0.1, -0.05) is 16.8 Å². The van der Waals surface area contributed by atoms with Crippen LogP contribution >= 0.6 is 11.6 Å². The Bertz CT molecular complexity index is 581. The summed E-state index contributed by atoms with van der Waals surface area (Å²) in [5, 5.41) is 4.15. The van der Waals surface area contributed by atoms with Crippen molar-refractivity contribution in [2.24, 2.45) is 0 Å². The van der Waals surface area contributed by atoms with E-state index in [1.54, 1.807) is 19.2 Å². The van der Waals surface area contributed by atoms with Gasteiger partial charge < -0.3 is 19.7 Å². The molecule has 0 radical (unpaired) electrons. The van der Waals surface area contributed by atoms with Crippen LogP contribution in [0.5, 0.6) is 11.5 Å². The Hall–Kier alpha value is -1.88. The summed E-state index contributed by atoms with van der Waals surface area (Å²) in [5.41, 5.74) is 6.95. The quantitative estimate of drug-likeness (QED) is 0.931. The molecule has 2 N–H and O–H groups in total. The van der Waals surface area contributed by atoms with Gasteiger partial charge in [0.1, 0.15) is 0 Å². The van der Waals surface area contributed by atoms with Gasteiger partial charge in [-0.3, -0.25) is 0 Å². The van der Waals surface area contributed by atoms with E-state index in [-0.39, 0.29) is 12.0 Å². The van der Waals surface area contributed by atoms with Crippen molar-refractivity contribution < 1.29 is 14.0 Å². The fraction of sp³-hybridized carbons (Fsp3) is 0.308. The van der Waals surface area contributed by atoms with E-state index in [1.165, 1.54) is 6.20 Å². The van der Waals surface area contributed by atoms with Crippen LogP contribution in [-0.2, 0) is 0 Å². The number of halogens is 1. The fourth-order valence-corrected chi connectivity index (χ4v) is 1.99. The fourth-order valence-electron chi connectivity index (χ4n) is 1.74. The van der Waals surface area contributed by atoms with Crippen molar-refractivity contribution in [1.29, 1.82) is 0 Å². The molecule has 1 aromatic carbocycles. The topological polar surface area (TPSA) is 70.5 Å². The Morgan fingerprint density at radius 2 is 2.11 bits per heavy atom. The summed E-state index contributed by atoms with van der Waals surface area (Å²) in [6.45, 7) is 3.84. The molecular weight excluding hydrogens is 268 g/mol. The first-order valence-electron chi connectivity index (χ1n) is 5.78. The van der Waals surface area contributed by atoms with Crippen molar-refractivity contribution in [2.75, 3.05) is 12.8 Å². The van der Waals surface area contributed by atoms with Gasteiger partial charge in [-0.15, -0.1) is 0 Å². The minimum Gasteiger partial charge on any atom is -0.493 e. The third-order valence-electron chi connectivity index (χ3n) is 2.51. The van der Waals surface area contributed by atoms with Gasteiger partial charge in [-0.05, 0) is 26.0 Å². The van der Waals surface area contributed by atoms with E-state index in [0.717, 1.165) is 0 Å². The maximum absolute atomic E-state index is 6.24. The maximum atomic E-state index is 6.24. The zero-order valence-corrected chi connectivity index (χ0v) is 11.7. The van der Waals surface area contributed by atoms with Crippen LogP contribution in [-0.4, -0.2) is 18.4 Å². The molecule has 0 atom stereocenters. The molecule has 102 valence electrons. The molecule has 2 rings (SSSR count). The van der Waals surface area contributed by atoms with Crippen molar-refractivity contribution in [2.45, 2.75) is 20.0 Å². The van der Waals surface area contributed by atoms with Gasteiger partial charge in [0.05, 0.1) is 35.6 Å². The zero-order valence-electron chi connectivity index (χ0n) is 10.9. The molecule has 0 aliphatic heterocycles. The summed E-state index contributed by atoms with van der Waals surface area (Å²) in [7, 11) is 1.57. The lowest BCUT2D eigenvalue weighted by Gasteiger charge is -2.17. The summed E-state index contributed by atoms with van der Waals surface area (Å²) in [4.78, 5) is 0. The predicted molar refractivity (Wildman–Crippen MR) is 73.7 cm³/mol. The Labute approximate surface area is 116 Å². The van der Waals surface area contributed by atoms with Crippen LogP contribution < -0.4 is 15.2 Å². The molecule has 2 aromatic rings. The van der Waals surface area contributed by atoms with Crippen molar-refractivity contribution in [3.05, 3.63) is 23.4 Å². The summed E-state index contributed by atoms with van der Waals surface area (Å²) in [6, 6.07) is 3.46. The molecule has 0 bridgehead atoms. The largest absolute Gasteiger partial charge is 0.493 e. The molecule has 0 unspecified atom stereocenters. The molecule has 0 aliphatic carbocycles. The zero-order chi connectivity index (χ0) is 14.0. The number of hydrogen-bond acceptors (Lipinski definition) is 5. The van der Waals surface area contributed by atoms with E-state index < -0.39 is 0 Å². The Balaban J connectivity index is 2.66. The molecular formula is C13H15ClN2O3. The third kappa shape index (κ3) is 2.61. The number of hydrogen-bond donors (Lipinski definition) is 1. The molecule has 1 aromatic heterocycles. The van der Waals surface area contributed by atoms with Crippen molar-refractivity contribution in [3.8, 4) is 22.6 Å². The van der Waals surface area contributed by atoms with E-state index >= 15 is 0 Å². The van der Waals surface area contributed by atoms with Gasteiger partial charge in [0, 0.05) is 0 Å². The highest BCUT2D eigenvalue weighted by Crippen LogP contribution is 2.45. The highest BCUT2D eigenvalue weighted by molar-refractivity contribution is 6.34. The van der Waals surface area contributed by atoms with Gasteiger partial charge in [-0.2, -0.15) is 0 Å². The average Bonchev–Trinajstić information content (AvgIpc) is 2.75. The monoisotopic (exact) mass is 282 g/mol. The number of methoxy groups -OCH3 is 1. The summed E-state index contributed by atoms with van der Waals surface area (Å²) < 4.78 is 16.0. The van der Waals surface area contributed by atoms with Crippen molar-refractivity contribution in [3.63, 3.8) is 0 Å². The predicted octanol–water partition coefficient (Wildman–Crippen LogP) is 3.37. The number of ether oxygens (including phenoxy) is 2. The lowest BCUT2D eigenvalue weighted by atomic mass is 10.1. The average molecular weight is 283 g/mol. The minimum absolute atomic E-state index is 0.0350. The number of anilines is 1. The van der Waals surface area contributed by atoms with Crippen molar-refractivity contribution >= 4 is 17.5 Å². The Morgan fingerprint density at radius 3 is 2.63 bits per heavy atom. The standard InChI is InChI=1S/C13H15ClN2O3/c1-7(2)18-12-10(17-3)5-4-9(14)11(12)8-6-16-19-13(8)15/h4-7H,15H2,1-3H3. The van der Waals surface area contributed by atoms with E-state index in [4.69, 9.17) is 31.3 Å². The van der Waals surface area contributed by atoms with Crippen LogP contribution in [0.4, 0.5) is 5.88 Å². The lowest BCUT2D eigenvalue weighted by Crippen LogP contribution is -2.08. The number of benzene rings is 1. The summed E-state index contributed by atoms with van der Waals surface area (Å²) in [6.07, 6.45) is 1.47. The minimum atomic E-state index is -0.0350. The van der Waals surface area contributed by atoms with Gasteiger partial charge in [-0.25, -0.2) is 0 Å². The molecule has 19 heavy (non-hydrogen) atoms. The number of aromatic nitrogens is 1. The number of nitrogens with zero attached hydrogens (tertiary/aromatic N) is 1. The van der Waals surface area contributed by atoms with Crippen LogP contribution in [0.2, 0.25) is 5.02 Å². The number of rotatable bonds is 4. The van der Waals surface area contributed by atoms with Crippen LogP contribution in [0.25, 0.3) is 11.1 Å². The van der Waals surface area contributed by atoms with Crippen molar-refractivity contribution in [1.82, 2.24) is 5.16 Å². The molecule has 5 nitrogen and oxygen atoms in total. The summed E-state index contributed by atoms with van der Waals surface area (Å²) in [5.74, 6) is 1.29. The Morgan fingerprint density at radius 1 is 1.37 bits per heavy atom. The lowest BCUT2D eigenvalue weighted by molar-refractivity contribution is 0.231. The van der Waals surface area contributed by atoms with Gasteiger partial charge in [0.25, 0.3) is 0 Å². The SMILES string of the molecule is COc1ccc(Cl)c(-c2cnoc2N)c1OC(C)C. The Kier molecular flexibility index (Phi) is 3.85. The normalized spacial score (nSPS) is 10.8. The smallest absolute Gasteiger partial charge is 0.230 e. The molecule has 0 aliphatic rings. The first-order chi connectivity index (χ1) is 9.04. The van der Waals surface area contributed by atoms with Crippen LogP contribution in [0.15, 0.2) is 22.9 Å². The molecule has 0 amide bonds. The highest BCUT2D eigenvalue weighted by Gasteiger charge is 2.21. The number of nitrogens with two attached hydrogens (primary N) is 1. The van der Waals surface area contributed by atoms with E-state index in [1.807, 2.05) is 13.8 Å². The van der Waals surface area contributed by atoms with Crippen LogP contribution in [0.1, 0.15) is 13.8 Å². The van der Waals surface area contributed by atoms with Crippen LogP contribution in [0, 0.1) is 0 Å². The molecule has 0 saturated carbocycles. The summed E-state index contributed by atoms with van der Waals surface area (Å²) >= 11 is 6.24. The second-order valence-corrected chi connectivity index (χ2v) is 4.63. The van der Waals surface area contributed by atoms with E-state index in [9.17, 15) is 0 Å². The highest BCUT2D eigenvalue weighted by atomic mass is 35.5. The maximum Gasteiger partial charge on any atom is 0.230 e. The molecule has 0 spiro atoms. The van der Waals surface area contributed by atoms with Crippen LogP contribution in [0.3, 0.4) is 0 Å². The molecule has 6 heteroatoms. The van der Waals surface area contributed by atoms with Gasteiger partial charge in [0.2, 0.25) is 5.88 Å². The first kappa shape index (κ1) is 13.5. The van der Waals surface area contributed by atoms with Gasteiger partial charge in [0.15, 0.2) is 11.5 Å². The first-order valence-corrected chi connectivity index (χ1v) is 6.16.